The number of aromatic hydroxyl groups is 1. The zero-order valence-electron chi connectivity index (χ0n) is 9.76. The number of carbonyl (C=O) groups excluding carboxylic acids is 1. The van der Waals surface area contributed by atoms with Crippen LogP contribution in [0.5, 0.6) is 5.75 Å². The van der Waals surface area contributed by atoms with Gasteiger partial charge in [0.25, 0.3) is 0 Å². The van der Waals surface area contributed by atoms with Crippen molar-refractivity contribution in [2.24, 2.45) is 0 Å². The summed E-state index contributed by atoms with van der Waals surface area (Å²) in [6, 6.07) is 12.7. The molecule has 0 saturated heterocycles. The number of phenols is 1. The standard InChI is InChI=1S/C15H9IO2S/c16-13-10-6-7-19-12(10)8-11(15(13)18)14(17)9-4-2-1-3-5-9/h1-8,18H. The third kappa shape index (κ3) is 2.15. The Morgan fingerprint density at radius 2 is 1.89 bits per heavy atom. The summed E-state index contributed by atoms with van der Waals surface area (Å²) in [5.74, 6) is -0.0772. The van der Waals surface area contributed by atoms with E-state index >= 15 is 0 Å². The van der Waals surface area contributed by atoms with E-state index in [0.29, 0.717) is 11.1 Å². The molecule has 0 fully saturated rings. The summed E-state index contributed by atoms with van der Waals surface area (Å²) in [5.41, 5.74) is 0.954. The molecule has 0 aliphatic carbocycles. The van der Waals surface area contributed by atoms with Gasteiger partial charge in [0.1, 0.15) is 5.75 Å². The van der Waals surface area contributed by atoms with Crippen molar-refractivity contribution in [3.05, 3.63) is 62.5 Å². The molecular formula is C15H9IO2S. The second-order valence-corrected chi connectivity index (χ2v) is 6.14. The Labute approximate surface area is 127 Å². The molecule has 0 amide bonds. The number of rotatable bonds is 2. The fraction of sp³-hybridized carbons (Fsp3) is 0. The van der Waals surface area contributed by atoms with Gasteiger partial charge in [-0.25, -0.2) is 0 Å². The Kier molecular flexibility index (Phi) is 3.28. The van der Waals surface area contributed by atoms with Gasteiger partial charge < -0.3 is 5.11 Å². The summed E-state index contributed by atoms with van der Waals surface area (Å²) in [7, 11) is 0. The lowest BCUT2D eigenvalue weighted by atomic mass is 10.0. The number of fused-ring (bicyclic) bond motifs is 1. The molecule has 3 rings (SSSR count). The van der Waals surface area contributed by atoms with Gasteiger partial charge in [-0.3, -0.25) is 4.79 Å². The first-order chi connectivity index (χ1) is 9.18. The summed E-state index contributed by atoms with van der Waals surface area (Å²) >= 11 is 3.65. The molecule has 1 N–H and O–H groups in total. The Morgan fingerprint density at radius 1 is 1.16 bits per heavy atom. The molecule has 1 aromatic heterocycles. The maximum Gasteiger partial charge on any atom is 0.196 e. The van der Waals surface area contributed by atoms with Gasteiger partial charge in [-0.2, -0.15) is 0 Å². The smallest absolute Gasteiger partial charge is 0.196 e. The lowest BCUT2D eigenvalue weighted by Crippen LogP contribution is -2.02. The number of hydrogen-bond donors (Lipinski definition) is 1. The van der Waals surface area contributed by atoms with E-state index in [0.717, 1.165) is 13.7 Å². The highest BCUT2D eigenvalue weighted by atomic mass is 127. The van der Waals surface area contributed by atoms with Crippen LogP contribution in [0.25, 0.3) is 10.1 Å². The molecule has 1 heterocycles. The van der Waals surface area contributed by atoms with Crippen molar-refractivity contribution in [3.63, 3.8) is 0 Å². The highest BCUT2D eigenvalue weighted by Crippen LogP contribution is 2.36. The Hall–Kier alpha value is -1.40. The Bertz CT molecular complexity index is 762. The average molecular weight is 380 g/mol. The van der Waals surface area contributed by atoms with E-state index in [2.05, 4.69) is 22.6 Å². The first-order valence-electron chi connectivity index (χ1n) is 5.67. The highest BCUT2D eigenvalue weighted by molar-refractivity contribution is 14.1. The number of benzene rings is 2. The van der Waals surface area contributed by atoms with Crippen molar-refractivity contribution >= 4 is 49.8 Å². The second-order valence-electron chi connectivity index (χ2n) is 4.11. The summed E-state index contributed by atoms with van der Waals surface area (Å²) < 4.78 is 1.75. The van der Waals surface area contributed by atoms with Crippen molar-refractivity contribution < 1.29 is 9.90 Å². The molecular weight excluding hydrogens is 371 g/mol. The number of hydrogen-bond acceptors (Lipinski definition) is 3. The third-order valence-corrected chi connectivity index (χ3v) is 4.91. The first kappa shape index (κ1) is 12.6. The van der Waals surface area contributed by atoms with Crippen LogP contribution >= 0.6 is 33.9 Å². The van der Waals surface area contributed by atoms with Gasteiger partial charge in [0.15, 0.2) is 5.78 Å². The molecule has 94 valence electrons. The lowest BCUT2D eigenvalue weighted by Gasteiger charge is -2.07. The zero-order chi connectivity index (χ0) is 13.4. The predicted octanol–water partition coefficient (Wildman–Crippen LogP) is 4.44. The van der Waals surface area contributed by atoms with Crippen LogP contribution in [-0.4, -0.2) is 10.9 Å². The Balaban J connectivity index is 2.20. The number of ketones is 1. The van der Waals surface area contributed by atoms with Gasteiger partial charge in [-0.1, -0.05) is 30.3 Å². The molecule has 0 unspecified atom stereocenters. The molecule has 0 atom stereocenters. The fourth-order valence-electron chi connectivity index (χ4n) is 1.98. The van der Waals surface area contributed by atoms with Gasteiger partial charge in [0.05, 0.1) is 9.13 Å². The quantitative estimate of drug-likeness (QED) is 0.527. The summed E-state index contributed by atoms with van der Waals surface area (Å²) in [4.78, 5) is 12.4. The summed E-state index contributed by atoms with van der Waals surface area (Å²) in [5, 5.41) is 13.2. The van der Waals surface area contributed by atoms with E-state index < -0.39 is 0 Å². The molecule has 4 heteroatoms. The molecule has 0 aliphatic rings. The molecule has 2 nitrogen and oxygen atoms in total. The van der Waals surface area contributed by atoms with Gasteiger partial charge in [0, 0.05) is 15.6 Å². The van der Waals surface area contributed by atoms with Crippen molar-refractivity contribution in [1.29, 1.82) is 0 Å². The van der Waals surface area contributed by atoms with E-state index in [-0.39, 0.29) is 11.5 Å². The largest absolute Gasteiger partial charge is 0.506 e. The normalized spacial score (nSPS) is 10.8. The summed E-state index contributed by atoms with van der Waals surface area (Å²) in [6.07, 6.45) is 0. The van der Waals surface area contributed by atoms with Gasteiger partial charge in [-0.15, -0.1) is 11.3 Å². The molecule has 0 spiro atoms. The molecule has 3 aromatic rings. The SMILES string of the molecule is O=C(c1ccccc1)c1cc2sccc2c(I)c1O. The number of halogens is 1. The number of carbonyl (C=O) groups is 1. The van der Waals surface area contributed by atoms with Crippen LogP contribution in [0.3, 0.4) is 0 Å². The van der Waals surface area contributed by atoms with E-state index in [9.17, 15) is 9.90 Å². The lowest BCUT2D eigenvalue weighted by molar-refractivity contribution is 0.103. The van der Waals surface area contributed by atoms with Crippen molar-refractivity contribution in [1.82, 2.24) is 0 Å². The van der Waals surface area contributed by atoms with Crippen LogP contribution < -0.4 is 0 Å². The van der Waals surface area contributed by atoms with E-state index in [1.807, 2.05) is 29.6 Å². The number of phenolic OH excluding ortho intramolecular Hbond substituents is 1. The van der Waals surface area contributed by atoms with Crippen LogP contribution in [0, 0.1) is 3.57 Å². The molecule has 0 radical (unpaired) electrons. The van der Waals surface area contributed by atoms with E-state index in [1.54, 1.807) is 29.5 Å². The minimum atomic E-state index is -0.147. The molecule has 0 aliphatic heterocycles. The maximum atomic E-state index is 12.4. The topological polar surface area (TPSA) is 37.3 Å². The monoisotopic (exact) mass is 380 g/mol. The maximum absolute atomic E-state index is 12.4. The molecule has 19 heavy (non-hydrogen) atoms. The third-order valence-electron chi connectivity index (χ3n) is 2.95. The van der Waals surface area contributed by atoms with Crippen LogP contribution in [0.4, 0.5) is 0 Å². The second kappa shape index (κ2) is 4.94. The van der Waals surface area contributed by atoms with Crippen LogP contribution in [0.1, 0.15) is 15.9 Å². The van der Waals surface area contributed by atoms with Crippen molar-refractivity contribution in [3.8, 4) is 5.75 Å². The minimum Gasteiger partial charge on any atom is -0.506 e. The predicted molar refractivity (Wildman–Crippen MR) is 86.1 cm³/mol. The fourth-order valence-corrected chi connectivity index (χ4v) is 3.76. The Morgan fingerprint density at radius 3 is 2.63 bits per heavy atom. The molecule has 2 aromatic carbocycles. The van der Waals surface area contributed by atoms with Gasteiger partial charge in [0.2, 0.25) is 0 Å². The van der Waals surface area contributed by atoms with Gasteiger partial charge in [-0.05, 0) is 40.1 Å². The number of thiophene rings is 1. The van der Waals surface area contributed by atoms with Crippen molar-refractivity contribution in [2.75, 3.05) is 0 Å². The van der Waals surface area contributed by atoms with E-state index in [4.69, 9.17) is 0 Å². The van der Waals surface area contributed by atoms with E-state index in [1.165, 1.54) is 0 Å². The minimum absolute atomic E-state index is 0.0698. The van der Waals surface area contributed by atoms with Crippen molar-refractivity contribution in [2.45, 2.75) is 0 Å². The average Bonchev–Trinajstić information content (AvgIpc) is 2.91. The van der Waals surface area contributed by atoms with Gasteiger partial charge >= 0.3 is 0 Å². The zero-order valence-corrected chi connectivity index (χ0v) is 12.7. The molecule has 0 bridgehead atoms. The first-order valence-corrected chi connectivity index (χ1v) is 7.62. The molecule has 0 saturated carbocycles. The van der Waals surface area contributed by atoms with Crippen LogP contribution in [0.15, 0.2) is 47.8 Å². The highest BCUT2D eigenvalue weighted by Gasteiger charge is 2.18. The van der Waals surface area contributed by atoms with Crippen LogP contribution in [0.2, 0.25) is 0 Å². The summed E-state index contributed by atoms with van der Waals surface area (Å²) in [6.45, 7) is 0. The van der Waals surface area contributed by atoms with Crippen LogP contribution in [-0.2, 0) is 0 Å².